The Hall–Kier alpha value is -1.75. The minimum absolute atomic E-state index is 0.196. The first kappa shape index (κ1) is 10.8. The Balaban J connectivity index is 2.27. The molecule has 0 radical (unpaired) electrons. The van der Waals surface area contributed by atoms with Crippen LogP contribution in [0.5, 0.6) is 0 Å². The lowest BCUT2D eigenvalue weighted by Gasteiger charge is -2.05. The zero-order valence-electron chi connectivity index (χ0n) is 7.92. The molecule has 1 aromatic heterocycles. The Morgan fingerprint density at radius 3 is 2.38 bits per heavy atom. The van der Waals surface area contributed by atoms with Gasteiger partial charge >= 0.3 is 0 Å². The van der Waals surface area contributed by atoms with Gasteiger partial charge in [0.2, 0.25) is 0 Å². The predicted octanol–water partition coefficient (Wildman–Crippen LogP) is 3.15. The number of nitrogens with zero attached hydrogens (tertiary/aromatic N) is 2. The quantitative estimate of drug-likeness (QED) is 0.878. The normalized spacial score (nSPS) is 10.2. The maximum Gasteiger partial charge on any atom is 0.150 e. The van der Waals surface area contributed by atoms with Crippen molar-refractivity contribution in [2.45, 2.75) is 0 Å². The summed E-state index contributed by atoms with van der Waals surface area (Å²) in [6, 6.07) is 3.08. The monoisotopic (exact) mass is 241 g/mol. The van der Waals surface area contributed by atoms with Crippen molar-refractivity contribution >= 4 is 23.1 Å². The average molecular weight is 242 g/mol. The summed E-state index contributed by atoms with van der Waals surface area (Å²) in [5.41, 5.74) is 0.245. The zero-order chi connectivity index (χ0) is 11.5. The van der Waals surface area contributed by atoms with E-state index in [0.717, 1.165) is 18.2 Å². The lowest BCUT2D eigenvalue weighted by atomic mass is 10.3. The number of hydrogen-bond donors (Lipinski definition) is 1. The summed E-state index contributed by atoms with van der Waals surface area (Å²) in [6.45, 7) is 0. The summed E-state index contributed by atoms with van der Waals surface area (Å²) < 4.78 is 25.7. The summed E-state index contributed by atoms with van der Waals surface area (Å²) in [5.74, 6) is -1.02. The lowest BCUT2D eigenvalue weighted by molar-refractivity contribution is 0.584. The van der Waals surface area contributed by atoms with Crippen molar-refractivity contribution in [3.8, 4) is 0 Å². The van der Waals surface area contributed by atoms with Gasteiger partial charge in [0.15, 0.2) is 5.82 Å². The first-order valence-corrected chi connectivity index (χ1v) is 4.72. The molecule has 0 atom stereocenters. The highest BCUT2D eigenvalue weighted by atomic mass is 35.5. The van der Waals surface area contributed by atoms with Crippen molar-refractivity contribution in [3.63, 3.8) is 0 Å². The molecule has 0 bridgehead atoms. The molecule has 0 fully saturated rings. The van der Waals surface area contributed by atoms with E-state index in [4.69, 9.17) is 11.6 Å². The van der Waals surface area contributed by atoms with E-state index >= 15 is 0 Å². The molecule has 0 amide bonds. The first-order valence-electron chi connectivity index (χ1n) is 4.34. The van der Waals surface area contributed by atoms with E-state index in [1.165, 1.54) is 12.4 Å². The highest BCUT2D eigenvalue weighted by Crippen LogP contribution is 2.17. The van der Waals surface area contributed by atoms with Crippen molar-refractivity contribution in [3.05, 3.63) is 47.4 Å². The molecule has 0 saturated heterocycles. The molecule has 0 spiro atoms. The van der Waals surface area contributed by atoms with Crippen molar-refractivity contribution in [2.24, 2.45) is 0 Å². The maximum atomic E-state index is 12.9. The van der Waals surface area contributed by atoms with Gasteiger partial charge < -0.3 is 5.32 Å². The zero-order valence-corrected chi connectivity index (χ0v) is 8.67. The maximum absolute atomic E-state index is 12.9. The first-order chi connectivity index (χ1) is 7.63. The fraction of sp³-hybridized carbons (Fsp3) is 0. The summed E-state index contributed by atoms with van der Waals surface area (Å²) >= 11 is 5.61. The Morgan fingerprint density at radius 2 is 1.75 bits per heavy atom. The average Bonchev–Trinajstić information content (AvgIpc) is 2.15. The highest BCUT2D eigenvalue weighted by molar-refractivity contribution is 6.29. The molecule has 0 aliphatic rings. The number of hydrogen-bond acceptors (Lipinski definition) is 3. The molecule has 0 aliphatic heterocycles. The van der Waals surface area contributed by atoms with Gasteiger partial charge in [0.05, 0.1) is 12.4 Å². The molecule has 1 aromatic carbocycles. The lowest BCUT2D eigenvalue weighted by Crippen LogP contribution is -1.95. The molecule has 82 valence electrons. The fourth-order valence-corrected chi connectivity index (χ4v) is 1.32. The van der Waals surface area contributed by atoms with Crippen LogP contribution in [0.2, 0.25) is 5.15 Å². The van der Waals surface area contributed by atoms with E-state index in [1.807, 2.05) is 0 Å². The van der Waals surface area contributed by atoms with Gasteiger partial charge in [-0.3, -0.25) is 4.98 Å². The van der Waals surface area contributed by atoms with E-state index < -0.39 is 11.6 Å². The van der Waals surface area contributed by atoms with Gasteiger partial charge in [-0.15, -0.1) is 0 Å². The minimum atomic E-state index is -0.669. The SMILES string of the molecule is Fc1cc(F)cc(Nc2cncc(Cl)n2)c1. The van der Waals surface area contributed by atoms with Crippen molar-refractivity contribution in [2.75, 3.05) is 5.32 Å². The number of anilines is 2. The molecular formula is C10H6ClF2N3. The van der Waals surface area contributed by atoms with E-state index in [9.17, 15) is 8.78 Å². The second kappa shape index (κ2) is 4.40. The molecule has 6 heteroatoms. The molecule has 16 heavy (non-hydrogen) atoms. The third kappa shape index (κ3) is 2.64. The third-order valence-corrected chi connectivity index (χ3v) is 1.92. The summed E-state index contributed by atoms with van der Waals surface area (Å²) in [7, 11) is 0. The summed E-state index contributed by atoms with van der Waals surface area (Å²) in [4.78, 5) is 7.66. The molecule has 1 N–H and O–H groups in total. The predicted molar refractivity (Wildman–Crippen MR) is 56.7 cm³/mol. The molecule has 0 saturated carbocycles. The van der Waals surface area contributed by atoms with Crippen LogP contribution >= 0.6 is 11.6 Å². The molecule has 3 nitrogen and oxygen atoms in total. The van der Waals surface area contributed by atoms with Gasteiger partial charge in [-0.1, -0.05) is 11.6 Å². The topological polar surface area (TPSA) is 37.8 Å². The van der Waals surface area contributed by atoms with Crippen LogP contribution in [0.25, 0.3) is 0 Å². The van der Waals surface area contributed by atoms with E-state index in [-0.39, 0.29) is 10.8 Å². The summed E-state index contributed by atoms with van der Waals surface area (Å²) in [6.07, 6.45) is 2.76. The van der Waals surface area contributed by atoms with E-state index in [2.05, 4.69) is 15.3 Å². The van der Waals surface area contributed by atoms with Crippen LogP contribution in [0.1, 0.15) is 0 Å². The fourth-order valence-electron chi connectivity index (χ4n) is 1.18. The van der Waals surface area contributed by atoms with Crippen LogP contribution in [-0.4, -0.2) is 9.97 Å². The second-order valence-corrected chi connectivity index (χ2v) is 3.40. The highest BCUT2D eigenvalue weighted by Gasteiger charge is 2.02. The number of halogens is 3. The van der Waals surface area contributed by atoms with Crippen molar-refractivity contribution in [1.82, 2.24) is 9.97 Å². The van der Waals surface area contributed by atoms with Gasteiger partial charge in [-0.25, -0.2) is 13.8 Å². The number of nitrogens with one attached hydrogen (secondary N) is 1. The number of rotatable bonds is 2. The summed E-state index contributed by atoms with van der Waals surface area (Å²) in [5, 5.41) is 2.88. The van der Waals surface area contributed by atoms with E-state index in [1.54, 1.807) is 0 Å². The van der Waals surface area contributed by atoms with Crippen molar-refractivity contribution in [1.29, 1.82) is 0 Å². The molecule has 2 rings (SSSR count). The Labute approximate surface area is 95.1 Å². The van der Waals surface area contributed by atoms with Crippen LogP contribution in [0, 0.1) is 11.6 Å². The van der Waals surface area contributed by atoms with Crippen LogP contribution in [0.4, 0.5) is 20.3 Å². The van der Waals surface area contributed by atoms with Gasteiger partial charge in [0, 0.05) is 11.8 Å². The van der Waals surface area contributed by atoms with Crippen LogP contribution < -0.4 is 5.32 Å². The van der Waals surface area contributed by atoms with Crippen LogP contribution in [0.15, 0.2) is 30.6 Å². The minimum Gasteiger partial charge on any atom is -0.339 e. The molecule has 1 heterocycles. The number of benzene rings is 1. The second-order valence-electron chi connectivity index (χ2n) is 3.01. The van der Waals surface area contributed by atoms with Gasteiger partial charge in [-0.2, -0.15) is 0 Å². The Morgan fingerprint density at radius 1 is 1.06 bits per heavy atom. The smallest absolute Gasteiger partial charge is 0.150 e. The van der Waals surface area contributed by atoms with E-state index in [0.29, 0.717) is 5.82 Å². The van der Waals surface area contributed by atoms with Crippen LogP contribution in [-0.2, 0) is 0 Å². The van der Waals surface area contributed by atoms with Crippen molar-refractivity contribution < 1.29 is 8.78 Å². The van der Waals surface area contributed by atoms with Gasteiger partial charge in [0.25, 0.3) is 0 Å². The molecule has 0 unspecified atom stereocenters. The molecular weight excluding hydrogens is 236 g/mol. The van der Waals surface area contributed by atoms with Crippen LogP contribution in [0.3, 0.4) is 0 Å². The Bertz CT molecular complexity index is 499. The molecule has 2 aromatic rings. The van der Waals surface area contributed by atoms with Gasteiger partial charge in [0.1, 0.15) is 16.8 Å². The number of aromatic nitrogens is 2. The Kier molecular flexibility index (Phi) is 2.96. The molecule has 0 aliphatic carbocycles. The van der Waals surface area contributed by atoms with Gasteiger partial charge in [-0.05, 0) is 12.1 Å². The largest absolute Gasteiger partial charge is 0.339 e. The standard InChI is InChI=1S/C10H6ClF2N3/c11-9-4-14-5-10(16-9)15-8-2-6(12)1-7(13)3-8/h1-5H,(H,15,16). The third-order valence-electron chi connectivity index (χ3n) is 1.74.